The highest BCUT2D eigenvalue weighted by Gasteiger charge is 2.28. The van der Waals surface area contributed by atoms with Crippen LogP contribution < -0.4 is 16.2 Å². The number of hydrogen-bond acceptors (Lipinski definition) is 5. The van der Waals surface area contributed by atoms with E-state index in [0.717, 1.165) is 63.5 Å². The van der Waals surface area contributed by atoms with E-state index in [1.807, 2.05) is 0 Å². The quantitative estimate of drug-likeness (QED) is 0.271. The van der Waals surface area contributed by atoms with Crippen molar-refractivity contribution in [3.05, 3.63) is 64.2 Å². The average molecular weight is 493 g/mol. The van der Waals surface area contributed by atoms with E-state index in [0.29, 0.717) is 13.2 Å². The first-order valence-electron chi connectivity index (χ1n) is 13.6. The molecule has 196 valence electrons. The van der Waals surface area contributed by atoms with Gasteiger partial charge in [0.05, 0.1) is 13.2 Å². The van der Waals surface area contributed by atoms with Crippen LogP contribution in [0.5, 0.6) is 5.75 Å². The molecule has 36 heavy (non-hydrogen) atoms. The Balaban J connectivity index is 1.56. The highest BCUT2D eigenvalue weighted by molar-refractivity contribution is 5.86. The molecule has 2 aromatic carbocycles. The van der Waals surface area contributed by atoms with Crippen LogP contribution in [-0.2, 0) is 28.8 Å². The zero-order valence-electron chi connectivity index (χ0n) is 22.4. The second kappa shape index (κ2) is 13.6. The lowest BCUT2D eigenvalue weighted by molar-refractivity contribution is -0.149. The predicted molar refractivity (Wildman–Crippen MR) is 149 cm³/mol. The fraction of sp³-hybridized carbons (Fsp3) is 0.516. The summed E-state index contributed by atoms with van der Waals surface area (Å²) < 4.78 is 11.5. The molecule has 0 bridgehead atoms. The number of benzene rings is 2. The molecule has 0 saturated carbocycles. The summed E-state index contributed by atoms with van der Waals surface area (Å²) >= 11 is 0. The molecule has 1 aliphatic rings. The Morgan fingerprint density at radius 3 is 2.50 bits per heavy atom. The maximum absolute atomic E-state index is 11.9. The van der Waals surface area contributed by atoms with Crippen LogP contribution in [0, 0.1) is 0 Å². The standard InChI is InChI=1S/C31H44N2O3/c1-4-23-16-17-27(24(5-2)20-23)26-14-10-12-25-13-11-15-29(28(25)21-26)35-18-8-6-7-9-19-36-30(34)31(3,33)22-32/h11,13,15-17,20-21H,4-10,12,14,18-19,22,32-33H2,1-3H3. The molecule has 0 saturated heterocycles. The molecule has 2 aromatic rings. The van der Waals surface area contributed by atoms with E-state index in [2.05, 4.69) is 56.3 Å². The lowest BCUT2D eigenvalue weighted by Crippen LogP contribution is -2.52. The maximum atomic E-state index is 11.9. The summed E-state index contributed by atoms with van der Waals surface area (Å²) in [5.74, 6) is 0.547. The largest absolute Gasteiger partial charge is 0.493 e. The molecule has 0 amide bonds. The number of unbranched alkanes of at least 4 members (excludes halogenated alkanes) is 3. The zero-order chi connectivity index (χ0) is 26.0. The number of carbonyl (C=O) groups is 1. The number of rotatable bonds is 13. The fourth-order valence-corrected chi connectivity index (χ4v) is 4.65. The van der Waals surface area contributed by atoms with Crippen LogP contribution in [0.3, 0.4) is 0 Å². The number of ether oxygens (including phenoxy) is 2. The number of fused-ring (bicyclic) bond motifs is 1. The van der Waals surface area contributed by atoms with Gasteiger partial charge in [-0.3, -0.25) is 4.79 Å². The summed E-state index contributed by atoms with van der Waals surface area (Å²) in [6, 6.07) is 13.4. The number of hydrogen-bond donors (Lipinski definition) is 2. The van der Waals surface area contributed by atoms with Crippen molar-refractivity contribution in [1.29, 1.82) is 0 Å². The topological polar surface area (TPSA) is 87.6 Å². The van der Waals surface area contributed by atoms with Crippen LogP contribution in [0.1, 0.15) is 87.1 Å². The number of esters is 1. The molecule has 0 radical (unpaired) electrons. The molecule has 5 heteroatoms. The smallest absolute Gasteiger partial charge is 0.327 e. The second-order valence-corrected chi connectivity index (χ2v) is 10.1. The van der Waals surface area contributed by atoms with Crippen LogP contribution >= 0.6 is 0 Å². The van der Waals surface area contributed by atoms with Crippen molar-refractivity contribution in [2.75, 3.05) is 19.8 Å². The average Bonchev–Trinajstić information content (AvgIpc) is 3.12. The normalized spacial score (nSPS) is 14.9. The van der Waals surface area contributed by atoms with Crippen LogP contribution in [0.4, 0.5) is 0 Å². The van der Waals surface area contributed by atoms with Crippen LogP contribution in [0.2, 0.25) is 0 Å². The highest BCUT2D eigenvalue weighted by Crippen LogP contribution is 2.36. The fourth-order valence-electron chi connectivity index (χ4n) is 4.65. The van der Waals surface area contributed by atoms with Gasteiger partial charge in [0.1, 0.15) is 11.3 Å². The van der Waals surface area contributed by atoms with Gasteiger partial charge >= 0.3 is 5.97 Å². The summed E-state index contributed by atoms with van der Waals surface area (Å²) in [7, 11) is 0. The van der Waals surface area contributed by atoms with E-state index in [1.165, 1.54) is 33.4 Å². The highest BCUT2D eigenvalue weighted by atomic mass is 16.5. The van der Waals surface area contributed by atoms with E-state index in [9.17, 15) is 4.79 Å². The molecule has 1 unspecified atom stereocenters. The minimum atomic E-state index is -1.10. The first-order valence-corrected chi connectivity index (χ1v) is 13.6. The zero-order valence-corrected chi connectivity index (χ0v) is 22.4. The van der Waals surface area contributed by atoms with E-state index >= 15 is 0 Å². The maximum Gasteiger partial charge on any atom is 0.327 e. The van der Waals surface area contributed by atoms with Crippen molar-refractivity contribution in [3.63, 3.8) is 0 Å². The third kappa shape index (κ3) is 7.44. The van der Waals surface area contributed by atoms with Gasteiger partial charge in [0.2, 0.25) is 0 Å². The summed E-state index contributed by atoms with van der Waals surface area (Å²) in [6.07, 6.45) is 11.6. The Hall–Kier alpha value is -2.63. The van der Waals surface area contributed by atoms with E-state index < -0.39 is 11.5 Å². The predicted octanol–water partition coefficient (Wildman–Crippen LogP) is 5.85. The van der Waals surface area contributed by atoms with E-state index in [4.69, 9.17) is 20.9 Å². The van der Waals surface area contributed by atoms with Crippen LogP contribution in [0.25, 0.3) is 11.6 Å². The summed E-state index contributed by atoms with van der Waals surface area (Å²) in [5, 5.41) is 0. The van der Waals surface area contributed by atoms with Crippen molar-refractivity contribution in [2.45, 2.75) is 84.1 Å². The van der Waals surface area contributed by atoms with Crippen molar-refractivity contribution in [1.82, 2.24) is 0 Å². The molecule has 3 rings (SSSR count). The molecule has 0 fully saturated rings. The molecule has 1 aliphatic carbocycles. The molecule has 0 spiro atoms. The molecule has 1 atom stereocenters. The SMILES string of the molecule is CCc1ccc(C2=Cc3c(cccc3OCCCCCCOC(=O)C(C)(N)CN)CCC2)c(CC)c1. The van der Waals surface area contributed by atoms with E-state index in [-0.39, 0.29) is 6.54 Å². The number of aryl methyl sites for hydroxylation is 3. The molecule has 5 nitrogen and oxygen atoms in total. The van der Waals surface area contributed by atoms with Crippen molar-refractivity contribution in [3.8, 4) is 5.75 Å². The third-order valence-corrected chi connectivity index (χ3v) is 7.09. The van der Waals surface area contributed by atoms with Gasteiger partial charge in [-0.05, 0) is 105 Å². The Morgan fingerprint density at radius 1 is 1.00 bits per heavy atom. The number of nitrogens with two attached hydrogens (primary N) is 2. The lowest BCUT2D eigenvalue weighted by Gasteiger charge is -2.20. The minimum absolute atomic E-state index is 0.0773. The Bertz CT molecular complexity index is 1040. The first kappa shape index (κ1) is 27.9. The molecule has 4 N–H and O–H groups in total. The monoisotopic (exact) mass is 492 g/mol. The minimum Gasteiger partial charge on any atom is -0.493 e. The van der Waals surface area contributed by atoms with Gasteiger partial charge in [-0.25, -0.2) is 0 Å². The van der Waals surface area contributed by atoms with Crippen molar-refractivity contribution < 1.29 is 14.3 Å². The Kier molecular flexibility index (Phi) is 10.6. The summed E-state index contributed by atoms with van der Waals surface area (Å²) in [5.41, 5.74) is 18.5. The van der Waals surface area contributed by atoms with E-state index in [1.54, 1.807) is 6.92 Å². The van der Waals surface area contributed by atoms with Gasteiger partial charge in [0.25, 0.3) is 0 Å². The van der Waals surface area contributed by atoms with Gasteiger partial charge in [0, 0.05) is 12.1 Å². The summed E-state index contributed by atoms with van der Waals surface area (Å²) in [4.78, 5) is 11.9. The van der Waals surface area contributed by atoms with Gasteiger partial charge < -0.3 is 20.9 Å². The summed E-state index contributed by atoms with van der Waals surface area (Å²) in [6.45, 7) is 7.20. The molecular formula is C31H44N2O3. The number of allylic oxidation sites excluding steroid dienone is 1. The third-order valence-electron chi connectivity index (χ3n) is 7.09. The first-order chi connectivity index (χ1) is 17.4. The molecule has 0 aliphatic heterocycles. The number of carbonyl (C=O) groups excluding carboxylic acids is 1. The lowest BCUT2D eigenvalue weighted by atomic mass is 9.92. The van der Waals surface area contributed by atoms with Crippen LogP contribution in [-0.4, -0.2) is 31.3 Å². The van der Waals surface area contributed by atoms with Gasteiger partial charge in [0.15, 0.2) is 0 Å². The van der Waals surface area contributed by atoms with Gasteiger partial charge in [-0.1, -0.05) is 44.2 Å². The molecule has 0 heterocycles. The van der Waals surface area contributed by atoms with Crippen molar-refractivity contribution >= 4 is 17.6 Å². The second-order valence-electron chi connectivity index (χ2n) is 10.1. The van der Waals surface area contributed by atoms with Crippen molar-refractivity contribution in [2.24, 2.45) is 11.5 Å². The molecule has 0 aromatic heterocycles. The van der Waals surface area contributed by atoms with Gasteiger partial charge in [-0.2, -0.15) is 0 Å². The van der Waals surface area contributed by atoms with Gasteiger partial charge in [-0.15, -0.1) is 0 Å². The Labute approximate surface area is 217 Å². The van der Waals surface area contributed by atoms with Crippen LogP contribution in [0.15, 0.2) is 36.4 Å². The Morgan fingerprint density at radius 2 is 1.78 bits per heavy atom. The molecular weight excluding hydrogens is 448 g/mol.